The van der Waals surface area contributed by atoms with Crippen LogP contribution in [0.25, 0.3) is 0 Å². The van der Waals surface area contributed by atoms with Crippen molar-refractivity contribution in [1.82, 2.24) is 25.7 Å². The molecule has 0 amide bonds. The maximum absolute atomic E-state index is 10.8. The van der Waals surface area contributed by atoms with E-state index in [1.165, 1.54) is 11.3 Å². The molecule has 0 bridgehead atoms. The first kappa shape index (κ1) is 31.4. The number of hydroxylamine groups is 1. The number of fused-ring (bicyclic) bond motifs is 2. The number of aliphatic carboxylic acids is 1. The molecule has 42 heavy (non-hydrogen) atoms. The zero-order valence-corrected chi connectivity index (χ0v) is 26.5. The number of aryl methyl sites for hydroxylation is 1. The van der Waals surface area contributed by atoms with Crippen LogP contribution >= 0.6 is 0 Å². The average molecular weight is 579 g/mol. The lowest BCUT2D eigenvalue weighted by Gasteiger charge is -2.48. The first-order valence-corrected chi connectivity index (χ1v) is 14.6. The van der Waals surface area contributed by atoms with E-state index < -0.39 is 5.97 Å². The summed E-state index contributed by atoms with van der Waals surface area (Å²) in [6.45, 7) is 23.2. The molecule has 2 aromatic rings. The predicted molar refractivity (Wildman–Crippen MR) is 167 cm³/mol. The number of rotatable bonds is 11. The van der Waals surface area contributed by atoms with E-state index in [4.69, 9.17) is 25.0 Å². The van der Waals surface area contributed by atoms with Gasteiger partial charge in [-0.15, -0.1) is 9.89 Å². The van der Waals surface area contributed by atoms with Gasteiger partial charge in [0.2, 0.25) is 5.82 Å². The molecule has 1 aromatic carbocycles. The van der Waals surface area contributed by atoms with Gasteiger partial charge in [0.25, 0.3) is 0 Å². The van der Waals surface area contributed by atoms with Crippen LogP contribution in [0.4, 0.5) is 11.4 Å². The van der Waals surface area contributed by atoms with E-state index in [1.807, 2.05) is 14.0 Å². The normalized spacial score (nSPS) is 19.4. The number of nitrogens with one attached hydrogen (secondary N) is 2. The Morgan fingerprint density at radius 1 is 1.33 bits per heavy atom. The average Bonchev–Trinajstić information content (AvgIpc) is 3.43. The van der Waals surface area contributed by atoms with Crippen molar-refractivity contribution in [3.63, 3.8) is 0 Å². The summed E-state index contributed by atoms with van der Waals surface area (Å²) >= 11 is 0. The molecule has 2 aliphatic heterocycles. The van der Waals surface area contributed by atoms with Crippen molar-refractivity contribution in [2.75, 3.05) is 31.6 Å². The third kappa shape index (κ3) is 6.57. The molecular formula is C31H46N8O3. The van der Waals surface area contributed by atoms with Crippen LogP contribution in [-0.4, -0.2) is 69.6 Å². The molecule has 2 unspecified atom stereocenters. The summed E-state index contributed by atoms with van der Waals surface area (Å²) in [6, 6.07) is 4.53. The topological polar surface area (TPSA) is 129 Å². The lowest BCUT2D eigenvalue weighted by Crippen LogP contribution is -2.50. The fourth-order valence-electron chi connectivity index (χ4n) is 5.68. The van der Waals surface area contributed by atoms with Crippen molar-refractivity contribution in [1.29, 1.82) is 0 Å². The molecule has 1 aromatic heterocycles. The molecular weight excluding hydrogens is 532 g/mol. The molecule has 4 rings (SSSR count). The van der Waals surface area contributed by atoms with Crippen LogP contribution in [0, 0.1) is 12.3 Å². The van der Waals surface area contributed by atoms with E-state index in [0.29, 0.717) is 24.1 Å². The Labute approximate surface area is 249 Å². The van der Waals surface area contributed by atoms with Gasteiger partial charge in [-0.3, -0.25) is 4.79 Å². The van der Waals surface area contributed by atoms with Crippen molar-refractivity contribution >= 4 is 28.8 Å². The van der Waals surface area contributed by atoms with Crippen LogP contribution in [0.1, 0.15) is 95.9 Å². The van der Waals surface area contributed by atoms with Crippen LogP contribution in [0.5, 0.6) is 0 Å². The smallest absolute Gasteiger partial charge is 0.311 e. The molecule has 3 N–H and O–H groups in total. The van der Waals surface area contributed by atoms with Crippen LogP contribution in [-0.2, 0) is 9.63 Å². The van der Waals surface area contributed by atoms with Gasteiger partial charge in [-0.25, -0.2) is 9.98 Å². The molecule has 3 heterocycles. The number of carboxylic acid groups (broad SMARTS) is 1. The number of likely N-dealkylation sites (N-methyl/N-ethyl adjacent to an activating group) is 1. The Morgan fingerprint density at radius 3 is 2.69 bits per heavy atom. The minimum absolute atomic E-state index is 0.0630. The molecule has 2 aliphatic rings. The van der Waals surface area contributed by atoms with E-state index >= 15 is 0 Å². The summed E-state index contributed by atoms with van der Waals surface area (Å²) in [7, 11) is 2.00. The summed E-state index contributed by atoms with van der Waals surface area (Å²) in [5, 5.41) is 21.7. The SMILES string of the molecule is C=C(CC(=O)O)ONCC(C)c1nc2n(n1)N=C(C(C)(C)C)/C2=N/c1cc2c(cc1C)N(CCNC)C(C)(C)CC2C. The number of hydrogen-bond acceptors (Lipinski definition) is 9. The van der Waals surface area contributed by atoms with Crippen LogP contribution in [0.2, 0.25) is 0 Å². The number of aromatic nitrogens is 3. The number of anilines is 1. The van der Waals surface area contributed by atoms with Gasteiger partial charge >= 0.3 is 5.97 Å². The fraction of sp³-hybridized carbons (Fsp3) is 0.581. The van der Waals surface area contributed by atoms with Gasteiger partial charge in [0.05, 0.1) is 11.4 Å². The Kier molecular flexibility index (Phi) is 8.94. The number of carbonyl (C=O) groups is 1. The maximum atomic E-state index is 10.8. The summed E-state index contributed by atoms with van der Waals surface area (Å²) in [5.74, 6) is 0.602. The molecule has 0 saturated heterocycles. The molecule has 2 atom stereocenters. The molecule has 0 spiro atoms. The summed E-state index contributed by atoms with van der Waals surface area (Å²) in [6.07, 6.45) is 0.795. The van der Waals surface area contributed by atoms with Crippen LogP contribution < -0.4 is 15.7 Å². The Morgan fingerprint density at radius 2 is 2.05 bits per heavy atom. The molecule has 11 heteroatoms. The first-order chi connectivity index (χ1) is 19.6. The number of aliphatic imine (C=N–C) groups is 1. The summed E-state index contributed by atoms with van der Waals surface area (Å²) in [5.41, 5.74) is 8.75. The van der Waals surface area contributed by atoms with Gasteiger partial charge < -0.3 is 20.2 Å². The molecule has 228 valence electrons. The number of benzene rings is 1. The Balaban J connectivity index is 1.67. The largest absolute Gasteiger partial charge is 0.481 e. The summed E-state index contributed by atoms with van der Waals surface area (Å²) in [4.78, 5) is 30.3. The van der Waals surface area contributed by atoms with Crippen molar-refractivity contribution in [3.8, 4) is 0 Å². The van der Waals surface area contributed by atoms with E-state index in [9.17, 15) is 4.79 Å². The molecule has 11 nitrogen and oxygen atoms in total. The van der Waals surface area contributed by atoms with Crippen molar-refractivity contribution in [2.45, 2.75) is 85.6 Å². The highest BCUT2D eigenvalue weighted by atomic mass is 16.6. The third-order valence-corrected chi connectivity index (χ3v) is 7.86. The lowest BCUT2D eigenvalue weighted by atomic mass is 9.79. The molecule has 0 fully saturated rings. The second-order valence-electron chi connectivity index (χ2n) is 13.2. The highest BCUT2D eigenvalue weighted by Crippen LogP contribution is 2.45. The molecule has 0 saturated carbocycles. The molecule has 0 aliphatic carbocycles. The number of hydrogen-bond donors (Lipinski definition) is 3. The standard InChI is InChI=1S/C31H46N8O3/c1-18-13-24-22(19(2)16-31(8,9)38(24)12-11-32-10)15-23(18)34-26-27(30(5,6)7)36-39-29(26)35-28(37-39)20(3)17-33-42-21(4)14-25(40)41/h13,15,19-20,32-33H,4,11-12,14,16-17H2,1-3,5-10H3,(H,40,41)/b34-26-. The third-order valence-electron chi connectivity index (χ3n) is 7.86. The summed E-state index contributed by atoms with van der Waals surface area (Å²) < 4.78 is 0. The van der Waals surface area contributed by atoms with Crippen LogP contribution in [0.3, 0.4) is 0 Å². The Bertz CT molecular complexity index is 1420. The van der Waals surface area contributed by atoms with Crippen molar-refractivity contribution in [2.24, 2.45) is 15.5 Å². The first-order valence-electron chi connectivity index (χ1n) is 14.6. The van der Waals surface area contributed by atoms with E-state index in [0.717, 1.165) is 42.2 Å². The van der Waals surface area contributed by atoms with Gasteiger partial charge in [0, 0.05) is 42.2 Å². The van der Waals surface area contributed by atoms with Gasteiger partial charge in [0.1, 0.15) is 17.9 Å². The zero-order valence-electron chi connectivity index (χ0n) is 26.5. The quantitative estimate of drug-likeness (QED) is 0.254. The maximum Gasteiger partial charge on any atom is 0.311 e. The van der Waals surface area contributed by atoms with Crippen LogP contribution in [0.15, 0.2) is 34.6 Å². The van der Waals surface area contributed by atoms with Gasteiger partial charge in [-0.2, -0.15) is 10.6 Å². The van der Waals surface area contributed by atoms with Crippen molar-refractivity contribution < 1.29 is 14.7 Å². The predicted octanol–water partition coefficient (Wildman–Crippen LogP) is 4.90. The highest BCUT2D eigenvalue weighted by molar-refractivity contribution is 6.50. The fourth-order valence-corrected chi connectivity index (χ4v) is 5.68. The monoisotopic (exact) mass is 578 g/mol. The highest BCUT2D eigenvalue weighted by Gasteiger charge is 2.38. The second kappa shape index (κ2) is 12.0. The second-order valence-corrected chi connectivity index (χ2v) is 13.2. The zero-order chi connectivity index (χ0) is 31.0. The van der Waals surface area contributed by atoms with Gasteiger partial charge in [-0.1, -0.05) is 41.2 Å². The Hall–Kier alpha value is -3.57. The van der Waals surface area contributed by atoms with Gasteiger partial charge in [0.15, 0.2) is 5.82 Å². The molecule has 0 radical (unpaired) electrons. The van der Waals surface area contributed by atoms with E-state index in [2.05, 4.69) is 88.0 Å². The van der Waals surface area contributed by atoms with Gasteiger partial charge in [-0.05, 0) is 63.4 Å². The minimum atomic E-state index is -1.00. The number of nitrogens with zero attached hydrogens (tertiary/aromatic N) is 6. The van der Waals surface area contributed by atoms with Crippen molar-refractivity contribution in [3.05, 3.63) is 47.2 Å². The van der Waals surface area contributed by atoms with E-state index in [1.54, 1.807) is 4.79 Å². The minimum Gasteiger partial charge on any atom is -0.481 e. The van der Waals surface area contributed by atoms with E-state index in [-0.39, 0.29) is 29.1 Å². The lowest BCUT2D eigenvalue weighted by molar-refractivity contribution is -0.137. The number of carboxylic acids is 1.